The van der Waals surface area contributed by atoms with Gasteiger partial charge in [0.1, 0.15) is 0 Å². The molecule has 0 spiro atoms. The molecule has 0 saturated carbocycles. The first-order valence-electron chi connectivity index (χ1n) is 7.53. The van der Waals surface area contributed by atoms with E-state index in [0.29, 0.717) is 19.5 Å². The first kappa shape index (κ1) is 17.0. The van der Waals surface area contributed by atoms with Crippen LogP contribution in [-0.2, 0) is 21.1 Å². The van der Waals surface area contributed by atoms with E-state index in [1.165, 1.54) is 12.1 Å². The van der Waals surface area contributed by atoms with Crippen molar-refractivity contribution in [3.05, 3.63) is 29.8 Å². The Morgan fingerprint density at radius 1 is 1.32 bits per heavy atom. The molecule has 5 nitrogen and oxygen atoms in total. The number of likely N-dealkylation sites (tertiary alicyclic amines) is 1. The molecule has 1 amide bonds. The lowest BCUT2D eigenvalue weighted by atomic mass is 9.90. The Labute approximate surface area is 131 Å². The minimum atomic E-state index is -3.22. The van der Waals surface area contributed by atoms with Crippen LogP contribution in [0.5, 0.6) is 0 Å². The Balaban J connectivity index is 2.03. The summed E-state index contributed by atoms with van der Waals surface area (Å²) in [5, 5.41) is 10.3. The van der Waals surface area contributed by atoms with Crippen molar-refractivity contribution >= 4 is 15.7 Å². The maximum Gasteiger partial charge on any atom is 0.227 e. The van der Waals surface area contributed by atoms with Crippen LogP contribution in [0.2, 0.25) is 0 Å². The monoisotopic (exact) mass is 325 g/mol. The second-order valence-electron chi connectivity index (χ2n) is 6.09. The minimum absolute atomic E-state index is 0.0290. The van der Waals surface area contributed by atoms with Gasteiger partial charge < -0.3 is 10.0 Å². The fraction of sp³-hybridized carbons (Fsp3) is 0.562. The molecular formula is C16H23NO4S. The van der Waals surface area contributed by atoms with Crippen molar-refractivity contribution in [2.24, 2.45) is 0 Å². The van der Waals surface area contributed by atoms with Crippen molar-refractivity contribution in [1.29, 1.82) is 0 Å². The topological polar surface area (TPSA) is 74.7 Å². The maximum absolute atomic E-state index is 12.3. The van der Waals surface area contributed by atoms with Crippen molar-refractivity contribution < 1.29 is 18.3 Å². The van der Waals surface area contributed by atoms with Gasteiger partial charge in [0.25, 0.3) is 0 Å². The lowest BCUT2D eigenvalue weighted by Crippen LogP contribution is -2.50. The van der Waals surface area contributed by atoms with E-state index >= 15 is 0 Å². The molecule has 1 aromatic carbocycles. The molecule has 1 N–H and O–H groups in total. The molecule has 1 heterocycles. The summed E-state index contributed by atoms with van der Waals surface area (Å²) < 4.78 is 22.8. The Kier molecular flexibility index (Phi) is 4.92. The number of benzene rings is 1. The third-order valence-electron chi connectivity index (χ3n) is 4.27. The van der Waals surface area contributed by atoms with Gasteiger partial charge >= 0.3 is 0 Å². The highest BCUT2D eigenvalue weighted by molar-refractivity contribution is 7.90. The molecule has 1 unspecified atom stereocenters. The minimum Gasteiger partial charge on any atom is -0.388 e. The molecule has 1 aromatic rings. The number of β-amino-alcohol motifs (C(OH)–C–C–N with tert-alkyl or cyclic N) is 1. The number of rotatable bonds is 4. The van der Waals surface area contributed by atoms with E-state index in [4.69, 9.17) is 0 Å². The molecule has 0 aliphatic carbocycles. The molecule has 1 aliphatic rings. The number of carbonyl (C=O) groups excluding carboxylic acids is 1. The van der Waals surface area contributed by atoms with E-state index in [2.05, 4.69) is 0 Å². The predicted octanol–water partition coefficient (Wildman–Crippen LogP) is 1.40. The van der Waals surface area contributed by atoms with Gasteiger partial charge in [-0.25, -0.2) is 8.42 Å². The second-order valence-corrected chi connectivity index (χ2v) is 8.11. The van der Waals surface area contributed by atoms with E-state index in [9.17, 15) is 18.3 Å². The van der Waals surface area contributed by atoms with Crippen LogP contribution in [-0.4, -0.2) is 49.3 Å². The quantitative estimate of drug-likeness (QED) is 0.908. The van der Waals surface area contributed by atoms with Crippen molar-refractivity contribution in [2.75, 3.05) is 19.3 Å². The van der Waals surface area contributed by atoms with Gasteiger partial charge in [-0.05, 0) is 37.0 Å². The summed E-state index contributed by atoms with van der Waals surface area (Å²) in [6.45, 7) is 2.98. The fourth-order valence-electron chi connectivity index (χ4n) is 2.75. The summed E-state index contributed by atoms with van der Waals surface area (Å²) in [7, 11) is -3.22. The Hall–Kier alpha value is -1.40. The highest BCUT2D eigenvalue weighted by atomic mass is 32.2. The number of nitrogens with zero attached hydrogens (tertiary/aromatic N) is 1. The summed E-state index contributed by atoms with van der Waals surface area (Å²) in [4.78, 5) is 14.3. The third-order valence-corrected chi connectivity index (χ3v) is 5.40. The van der Waals surface area contributed by atoms with E-state index < -0.39 is 15.4 Å². The number of carbonyl (C=O) groups is 1. The largest absolute Gasteiger partial charge is 0.388 e. The molecule has 2 rings (SSSR count). The molecular weight excluding hydrogens is 302 g/mol. The van der Waals surface area contributed by atoms with Crippen molar-refractivity contribution in [2.45, 2.75) is 43.1 Å². The van der Waals surface area contributed by atoms with Gasteiger partial charge in [-0.2, -0.15) is 0 Å². The van der Waals surface area contributed by atoms with E-state index in [1.54, 1.807) is 17.0 Å². The van der Waals surface area contributed by atoms with Gasteiger partial charge in [0.15, 0.2) is 9.84 Å². The molecule has 6 heteroatoms. The van der Waals surface area contributed by atoms with E-state index in [-0.39, 0.29) is 17.2 Å². The Morgan fingerprint density at radius 3 is 2.50 bits per heavy atom. The molecule has 22 heavy (non-hydrogen) atoms. The van der Waals surface area contributed by atoms with Gasteiger partial charge in [-0.3, -0.25) is 4.79 Å². The lowest BCUT2D eigenvalue weighted by Gasteiger charge is -2.38. The molecule has 1 aliphatic heterocycles. The van der Waals surface area contributed by atoms with Gasteiger partial charge in [0.05, 0.1) is 16.9 Å². The lowest BCUT2D eigenvalue weighted by molar-refractivity contribution is -0.137. The molecule has 1 atom stereocenters. The van der Waals surface area contributed by atoms with Crippen molar-refractivity contribution in [3.63, 3.8) is 0 Å². The molecule has 1 fully saturated rings. The predicted molar refractivity (Wildman–Crippen MR) is 84.3 cm³/mol. The average molecular weight is 325 g/mol. The smallest absolute Gasteiger partial charge is 0.227 e. The fourth-order valence-corrected chi connectivity index (χ4v) is 3.39. The number of sulfone groups is 1. The first-order chi connectivity index (χ1) is 10.2. The summed E-state index contributed by atoms with van der Waals surface area (Å²) in [6, 6.07) is 6.39. The van der Waals surface area contributed by atoms with Crippen molar-refractivity contribution in [1.82, 2.24) is 4.90 Å². The van der Waals surface area contributed by atoms with Crippen LogP contribution in [0.25, 0.3) is 0 Å². The molecule has 0 radical (unpaired) electrons. The van der Waals surface area contributed by atoms with E-state index in [0.717, 1.165) is 24.7 Å². The van der Waals surface area contributed by atoms with Crippen LogP contribution in [0.3, 0.4) is 0 Å². The van der Waals surface area contributed by atoms with E-state index in [1.807, 2.05) is 6.92 Å². The summed E-state index contributed by atoms with van der Waals surface area (Å²) in [5.41, 5.74) is 0.0108. The van der Waals surface area contributed by atoms with Crippen LogP contribution in [0.15, 0.2) is 29.2 Å². The summed E-state index contributed by atoms with van der Waals surface area (Å²) in [5.74, 6) is -0.0290. The van der Waals surface area contributed by atoms with Crippen molar-refractivity contribution in [3.8, 4) is 0 Å². The number of aliphatic hydroxyl groups is 1. The van der Waals surface area contributed by atoms with Gasteiger partial charge in [0, 0.05) is 19.3 Å². The zero-order valence-electron chi connectivity index (χ0n) is 13.1. The summed E-state index contributed by atoms with van der Waals surface area (Å²) >= 11 is 0. The molecule has 0 aromatic heterocycles. The SMILES string of the molecule is CCC1(O)CCCN(C(=O)Cc2ccc(S(C)(=O)=O)cc2)C1. The number of piperidine rings is 1. The van der Waals surface area contributed by atoms with Crippen LogP contribution in [0.1, 0.15) is 31.7 Å². The Morgan fingerprint density at radius 2 is 1.95 bits per heavy atom. The number of hydrogen-bond donors (Lipinski definition) is 1. The normalized spacial score (nSPS) is 22.6. The van der Waals surface area contributed by atoms with Crippen LogP contribution in [0, 0.1) is 0 Å². The van der Waals surface area contributed by atoms with Crippen LogP contribution >= 0.6 is 0 Å². The van der Waals surface area contributed by atoms with Gasteiger partial charge in [0.2, 0.25) is 5.91 Å². The second kappa shape index (κ2) is 6.38. The summed E-state index contributed by atoms with van der Waals surface area (Å²) in [6.07, 6.45) is 3.57. The maximum atomic E-state index is 12.3. The highest BCUT2D eigenvalue weighted by Gasteiger charge is 2.33. The third kappa shape index (κ3) is 4.08. The average Bonchev–Trinajstić information content (AvgIpc) is 2.47. The highest BCUT2D eigenvalue weighted by Crippen LogP contribution is 2.24. The first-order valence-corrected chi connectivity index (χ1v) is 9.42. The van der Waals surface area contributed by atoms with Crippen LogP contribution < -0.4 is 0 Å². The molecule has 0 bridgehead atoms. The van der Waals surface area contributed by atoms with Gasteiger partial charge in [-0.15, -0.1) is 0 Å². The number of amides is 1. The molecule has 1 saturated heterocycles. The van der Waals surface area contributed by atoms with Crippen LogP contribution in [0.4, 0.5) is 0 Å². The zero-order chi connectivity index (χ0) is 16.4. The molecule has 122 valence electrons. The number of hydrogen-bond acceptors (Lipinski definition) is 4. The zero-order valence-corrected chi connectivity index (χ0v) is 13.9. The van der Waals surface area contributed by atoms with Gasteiger partial charge in [-0.1, -0.05) is 19.1 Å². The standard InChI is InChI=1S/C16H23NO4S/c1-3-16(19)9-4-10-17(12-16)15(18)11-13-5-7-14(8-6-13)22(2,20)21/h5-8,19H,3-4,9-12H2,1-2H3. The Bertz CT molecular complexity index is 639.